The Hall–Kier alpha value is -0.0800. The molecule has 0 aromatic rings. The Bertz CT molecular complexity index is 155. The van der Waals surface area contributed by atoms with Crippen molar-refractivity contribution in [1.82, 2.24) is 5.32 Å². The van der Waals surface area contributed by atoms with E-state index in [1.807, 2.05) is 0 Å². The third kappa shape index (κ3) is 4.98. The van der Waals surface area contributed by atoms with Crippen LogP contribution in [0.5, 0.6) is 0 Å². The van der Waals surface area contributed by atoms with Crippen molar-refractivity contribution in [1.29, 1.82) is 0 Å². The first-order valence-electron chi connectivity index (χ1n) is 6.61. The van der Waals surface area contributed by atoms with Crippen LogP contribution in [0, 0.1) is 5.92 Å². The van der Waals surface area contributed by atoms with Crippen LogP contribution >= 0.6 is 0 Å². The van der Waals surface area contributed by atoms with E-state index >= 15 is 0 Å². The highest BCUT2D eigenvalue weighted by Gasteiger charge is 2.17. The smallest absolute Gasteiger partial charge is 0.0700 e. The molecule has 15 heavy (non-hydrogen) atoms. The largest absolute Gasteiger partial charge is 0.377 e. The van der Waals surface area contributed by atoms with Crippen LogP contribution in [-0.4, -0.2) is 25.3 Å². The molecule has 1 saturated heterocycles. The van der Waals surface area contributed by atoms with Gasteiger partial charge in [-0.1, -0.05) is 27.2 Å². The van der Waals surface area contributed by atoms with Crippen molar-refractivity contribution in [2.75, 3.05) is 13.2 Å². The fourth-order valence-corrected chi connectivity index (χ4v) is 2.15. The second kappa shape index (κ2) is 7.24. The fraction of sp³-hybridized carbons (Fsp3) is 1.00. The Morgan fingerprint density at radius 3 is 2.67 bits per heavy atom. The van der Waals surface area contributed by atoms with Crippen molar-refractivity contribution in [3.8, 4) is 0 Å². The summed E-state index contributed by atoms with van der Waals surface area (Å²) in [6.07, 6.45) is 6.80. The lowest BCUT2D eigenvalue weighted by atomic mass is 9.97. The average molecular weight is 213 g/mol. The Morgan fingerprint density at radius 2 is 2.13 bits per heavy atom. The molecule has 90 valence electrons. The zero-order chi connectivity index (χ0) is 11.1. The molecule has 0 aliphatic carbocycles. The Kier molecular flexibility index (Phi) is 6.26. The maximum absolute atomic E-state index is 5.62. The minimum atomic E-state index is 0.482. The SMILES string of the molecule is CC[C@H](C)C[C@H](CC)NC[C@@H]1CCCO1. The Balaban J connectivity index is 2.14. The van der Waals surface area contributed by atoms with Gasteiger partial charge in [0.15, 0.2) is 0 Å². The van der Waals surface area contributed by atoms with Crippen molar-refractivity contribution in [3.05, 3.63) is 0 Å². The highest BCUT2D eigenvalue weighted by atomic mass is 16.5. The predicted molar refractivity (Wildman–Crippen MR) is 65.1 cm³/mol. The van der Waals surface area contributed by atoms with E-state index in [-0.39, 0.29) is 0 Å². The summed E-state index contributed by atoms with van der Waals surface area (Å²) in [6.45, 7) is 8.91. The van der Waals surface area contributed by atoms with E-state index in [9.17, 15) is 0 Å². The summed E-state index contributed by atoms with van der Waals surface area (Å²) in [5, 5.41) is 3.65. The van der Waals surface area contributed by atoms with E-state index in [1.165, 1.54) is 32.1 Å². The average Bonchev–Trinajstić information content (AvgIpc) is 2.76. The molecule has 0 spiro atoms. The lowest BCUT2D eigenvalue weighted by Crippen LogP contribution is -2.36. The van der Waals surface area contributed by atoms with Crippen LogP contribution < -0.4 is 5.32 Å². The number of nitrogens with one attached hydrogen (secondary N) is 1. The van der Waals surface area contributed by atoms with E-state index in [2.05, 4.69) is 26.1 Å². The van der Waals surface area contributed by atoms with Gasteiger partial charge < -0.3 is 10.1 Å². The molecule has 1 aliphatic rings. The van der Waals surface area contributed by atoms with Gasteiger partial charge in [-0.3, -0.25) is 0 Å². The predicted octanol–water partition coefficient (Wildman–Crippen LogP) is 2.97. The number of ether oxygens (including phenoxy) is 1. The van der Waals surface area contributed by atoms with Gasteiger partial charge >= 0.3 is 0 Å². The molecule has 0 saturated carbocycles. The lowest BCUT2D eigenvalue weighted by molar-refractivity contribution is 0.106. The van der Waals surface area contributed by atoms with Crippen LogP contribution in [0.15, 0.2) is 0 Å². The summed E-state index contributed by atoms with van der Waals surface area (Å²) in [5.74, 6) is 0.840. The van der Waals surface area contributed by atoms with Gasteiger partial charge in [-0.25, -0.2) is 0 Å². The topological polar surface area (TPSA) is 21.3 Å². The van der Waals surface area contributed by atoms with Crippen LogP contribution in [0.4, 0.5) is 0 Å². The van der Waals surface area contributed by atoms with Gasteiger partial charge in [-0.05, 0) is 31.6 Å². The highest BCUT2D eigenvalue weighted by Crippen LogP contribution is 2.14. The monoisotopic (exact) mass is 213 g/mol. The Morgan fingerprint density at radius 1 is 1.33 bits per heavy atom. The van der Waals surface area contributed by atoms with E-state index in [4.69, 9.17) is 4.74 Å². The summed E-state index contributed by atoms with van der Waals surface area (Å²) in [6, 6.07) is 0.684. The van der Waals surface area contributed by atoms with Crippen LogP contribution in [-0.2, 0) is 4.74 Å². The minimum absolute atomic E-state index is 0.482. The molecule has 2 heteroatoms. The number of hydrogen-bond donors (Lipinski definition) is 1. The van der Waals surface area contributed by atoms with Crippen LogP contribution in [0.25, 0.3) is 0 Å². The molecule has 0 unspecified atom stereocenters. The van der Waals surface area contributed by atoms with Gasteiger partial charge in [0.2, 0.25) is 0 Å². The zero-order valence-electron chi connectivity index (χ0n) is 10.6. The van der Waals surface area contributed by atoms with E-state index in [0.29, 0.717) is 12.1 Å². The van der Waals surface area contributed by atoms with E-state index in [0.717, 1.165) is 19.1 Å². The molecule has 0 aromatic carbocycles. The first kappa shape index (κ1) is 13.0. The van der Waals surface area contributed by atoms with Crippen molar-refractivity contribution in [2.45, 2.75) is 65.0 Å². The summed E-state index contributed by atoms with van der Waals surface area (Å²) >= 11 is 0. The van der Waals surface area contributed by atoms with Gasteiger partial charge in [-0.15, -0.1) is 0 Å². The summed E-state index contributed by atoms with van der Waals surface area (Å²) < 4.78 is 5.62. The quantitative estimate of drug-likeness (QED) is 0.702. The second-order valence-electron chi connectivity index (χ2n) is 4.90. The molecule has 3 atom stereocenters. The molecule has 0 aromatic heterocycles. The van der Waals surface area contributed by atoms with Crippen molar-refractivity contribution >= 4 is 0 Å². The van der Waals surface area contributed by atoms with Crippen molar-refractivity contribution < 1.29 is 4.74 Å². The molecule has 1 fully saturated rings. The standard InChI is InChI=1S/C13H27NO/c1-4-11(3)9-12(5-2)14-10-13-7-6-8-15-13/h11-14H,4-10H2,1-3H3/t11-,12-,13-/m0/s1. The molecular weight excluding hydrogens is 186 g/mol. The number of hydrogen-bond acceptors (Lipinski definition) is 2. The molecule has 1 rings (SSSR count). The van der Waals surface area contributed by atoms with Gasteiger partial charge in [0.25, 0.3) is 0 Å². The molecule has 0 radical (unpaired) electrons. The number of rotatable bonds is 7. The minimum Gasteiger partial charge on any atom is -0.377 e. The first-order valence-corrected chi connectivity index (χ1v) is 6.61. The fourth-order valence-electron chi connectivity index (χ4n) is 2.15. The summed E-state index contributed by atoms with van der Waals surface area (Å²) in [7, 11) is 0. The van der Waals surface area contributed by atoms with E-state index < -0.39 is 0 Å². The molecule has 1 N–H and O–H groups in total. The molecule has 0 bridgehead atoms. The maximum atomic E-state index is 5.62. The molecular formula is C13H27NO. The lowest BCUT2D eigenvalue weighted by Gasteiger charge is -2.22. The van der Waals surface area contributed by atoms with E-state index in [1.54, 1.807) is 0 Å². The molecule has 1 heterocycles. The van der Waals surface area contributed by atoms with Gasteiger partial charge in [0.05, 0.1) is 6.10 Å². The molecule has 2 nitrogen and oxygen atoms in total. The first-order chi connectivity index (χ1) is 7.26. The second-order valence-corrected chi connectivity index (χ2v) is 4.90. The zero-order valence-corrected chi connectivity index (χ0v) is 10.6. The van der Waals surface area contributed by atoms with Crippen LogP contribution in [0.2, 0.25) is 0 Å². The van der Waals surface area contributed by atoms with Crippen molar-refractivity contribution in [2.24, 2.45) is 5.92 Å². The van der Waals surface area contributed by atoms with Gasteiger partial charge in [0, 0.05) is 19.2 Å². The third-order valence-electron chi connectivity index (χ3n) is 3.53. The summed E-state index contributed by atoms with van der Waals surface area (Å²) in [4.78, 5) is 0. The molecule has 1 aliphatic heterocycles. The molecule has 0 amide bonds. The highest BCUT2D eigenvalue weighted by molar-refractivity contribution is 4.73. The normalized spacial score (nSPS) is 25.4. The summed E-state index contributed by atoms with van der Waals surface area (Å²) in [5.41, 5.74) is 0. The van der Waals surface area contributed by atoms with Gasteiger partial charge in [0.1, 0.15) is 0 Å². The van der Waals surface area contributed by atoms with Gasteiger partial charge in [-0.2, -0.15) is 0 Å². The van der Waals surface area contributed by atoms with Crippen LogP contribution in [0.1, 0.15) is 52.9 Å². The Labute approximate surface area is 94.8 Å². The van der Waals surface area contributed by atoms with Crippen LogP contribution in [0.3, 0.4) is 0 Å². The third-order valence-corrected chi connectivity index (χ3v) is 3.53. The maximum Gasteiger partial charge on any atom is 0.0700 e. The van der Waals surface area contributed by atoms with Crippen molar-refractivity contribution in [3.63, 3.8) is 0 Å².